The van der Waals surface area contributed by atoms with Crippen LogP contribution < -0.4 is 0 Å². The first-order chi connectivity index (χ1) is 14.8. The van der Waals surface area contributed by atoms with E-state index in [0.717, 1.165) is 38.2 Å². The molecule has 0 N–H and O–H groups in total. The standard InChI is InChI=1S/C22H23FN4OS3/c1-12(2)30-20-24-19-17(15-9-22(3,4)28-10-16(15)31-19)18-25-26-21(27(18)20)29-11-13-5-7-14(23)8-6-13/h5-8,12H,9-11H2,1-4H3. The molecule has 0 radical (unpaired) electrons. The number of thioether (sulfide) groups is 2. The minimum atomic E-state index is -0.224. The van der Waals surface area contributed by atoms with Crippen molar-refractivity contribution in [2.45, 2.75) is 67.6 Å². The molecule has 4 heterocycles. The number of rotatable bonds is 5. The van der Waals surface area contributed by atoms with E-state index >= 15 is 0 Å². The highest BCUT2D eigenvalue weighted by Gasteiger charge is 2.31. The molecule has 0 aliphatic carbocycles. The van der Waals surface area contributed by atoms with Crippen molar-refractivity contribution in [2.24, 2.45) is 0 Å². The molecule has 0 amide bonds. The first kappa shape index (κ1) is 21.2. The number of thiophene rings is 1. The Labute approximate surface area is 192 Å². The van der Waals surface area contributed by atoms with Crippen molar-refractivity contribution in [3.8, 4) is 0 Å². The Kier molecular flexibility index (Phi) is 5.48. The van der Waals surface area contributed by atoms with Crippen LogP contribution in [-0.2, 0) is 23.5 Å². The maximum Gasteiger partial charge on any atom is 0.198 e. The Balaban J connectivity index is 1.62. The van der Waals surface area contributed by atoms with Gasteiger partial charge in [0.05, 0.1) is 17.6 Å². The van der Waals surface area contributed by atoms with E-state index in [1.807, 2.05) is 12.1 Å². The van der Waals surface area contributed by atoms with E-state index in [2.05, 4.69) is 42.3 Å². The van der Waals surface area contributed by atoms with Gasteiger partial charge < -0.3 is 4.74 Å². The fourth-order valence-electron chi connectivity index (χ4n) is 3.70. The lowest BCUT2D eigenvalue weighted by Gasteiger charge is -2.30. The maximum atomic E-state index is 13.2. The van der Waals surface area contributed by atoms with E-state index in [0.29, 0.717) is 17.6 Å². The van der Waals surface area contributed by atoms with Crippen LogP contribution in [-0.4, -0.2) is 30.4 Å². The Bertz CT molecular complexity index is 1260. The molecular weight excluding hydrogens is 451 g/mol. The van der Waals surface area contributed by atoms with E-state index in [4.69, 9.17) is 9.72 Å². The number of aromatic nitrogens is 4. The minimum absolute atomic E-state index is 0.205. The van der Waals surface area contributed by atoms with Gasteiger partial charge in [0.15, 0.2) is 16.0 Å². The summed E-state index contributed by atoms with van der Waals surface area (Å²) in [6, 6.07) is 6.60. The Morgan fingerprint density at radius 1 is 1.19 bits per heavy atom. The molecule has 0 unspecified atom stereocenters. The van der Waals surface area contributed by atoms with Gasteiger partial charge in [-0.2, -0.15) is 0 Å². The Morgan fingerprint density at radius 3 is 2.71 bits per heavy atom. The second-order valence-corrected chi connectivity index (χ2v) is 12.1. The average Bonchev–Trinajstić information content (AvgIpc) is 3.27. The van der Waals surface area contributed by atoms with Gasteiger partial charge >= 0.3 is 0 Å². The summed E-state index contributed by atoms with van der Waals surface area (Å²) >= 11 is 5.02. The third kappa shape index (κ3) is 4.08. The lowest BCUT2D eigenvalue weighted by Crippen LogP contribution is -2.31. The molecule has 5 rings (SSSR count). The number of fused-ring (bicyclic) bond motifs is 5. The van der Waals surface area contributed by atoms with Crippen molar-refractivity contribution in [1.82, 2.24) is 19.6 Å². The zero-order valence-corrected chi connectivity index (χ0v) is 20.3. The van der Waals surface area contributed by atoms with Crippen LogP contribution in [0, 0.1) is 5.82 Å². The summed E-state index contributed by atoms with van der Waals surface area (Å²) in [6.07, 6.45) is 0.835. The van der Waals surface area contributed by atoms with Gasteiger partial charge in [-0.3, -0.25) is 0 Å². The van der Waals surface area contributed by atoms with Crippen LogP contribution in [0.3, 0.4) is 0 Å². The Morgan fingerprint density at radius 2 is 1.97 bits per heavy atom. The van der Waals surface area contributed by atoms with Crippen LogP contribution in [0.15, 0.2) is 34.6 Å². The van der Waals surface area contributed by atoms with Crippen molar-refractivity contribution < 1.29 is 9.13 Å². The number of halogens is 1. The second kappa shape index (κ2) is 8.03. The van der Waals surface area contributed by atoms with Gasteiger partial charge in [0.1, 0.15) is 10.6 Å². The van der Waals surface area contributed by atoms with Crippen LogP contribution in [0.5, 0.6) is 0 Å². The van der Waals surface area contributed by atoms with Gasteiger partial charge in [0.25, 0.3) is 0 Å². The van der Waals surface area contributed by atoms with Crippen LogP contribution in [0.4, 0.5) is 4.39 Å². The van der Waals surface area contributed by atoms with E-state index in [1.165, 1.54) is 22.6 Å². The fraction of sp³-hybridized carbons (Fsp3) is 0.409. The van der Waals surface area contributed by atoms with Crippen LogP contribution in [0.25, 0.3) is 15.9 Å². The first-order valence-electron chi connectivity index (χ1n) is 10.2. The number of hydrogen-bond donors (Lipinski definition) is 0. The minimum Gasteiger partial charge on any atom is -0.370 e. The number of benzene rings is 1. The van der Waals surface area contributed by atoms with E-state index in [9.17, 15) is 4.39 Å². The number of ether oxygens (including phenoxy) is 1. The predicted octanol–water partition coefficient (Wildman–Crippen LogP) is 6.12. The third-order valence-electron chi connectivity index (χ3n) is 5.14. The summed E-state index contributed by atoms with van der Waals surface area (Å²) in [5.41, 5.74) is 2.99. The summed E-state index contributed by atoms with van der Waals surface area (Å²) in [5, 5.41) is 12.3. The zero-order chi connectivity index (χ0) is 21.8. The van der Waals surface area contributed by atoms with Crippen molar-refractivity contribution in [1.29, 1.82) is 0 Å². The summed E-state index contributed by atoms with van der Waals surface area (Å²) in [5.74, 6) is 0.464. The highest BCUT2D eigenvalue weighted by Crippen LogP contribution is 2.42. The molecule has 5 nitrogen and oxygen atoms in total. The largest absolute Gasteiger partial charge is 0.370 e. The molecule has 0 fully saturated rings. The number of nitrogens with zero attached hydrogens (tertiary/aromatic N) is 4. The van der Waals surface area contributed by atoms with E-state index in [1.54, 1.807) is 34.9 Å². The summed E-state index contributed by atoms with van der Waals surface area (Å²) in [4.78, 5) is 7.28. The van der Waals surface area contributed by atoms with E-state index < -0.39 is 0 Å². The number of hydrogen-bond acceptors (Lipinski definition) is 7. The normalized spacial score (nSPS) is 15.8. The molecule has 1 aliphatic rings. The van der Waals surface area contributed by atoms with Crippen molar-refractivity contribution >= 4 is 50.7 Å². The molecule has 162 valence electrons. The summed E-state index contributed by atoms with van der Waals surface area (Å²) in [6.45, 7) is 9.19. The van der Waals surface area contributed by atoms with Crippen molar-refractivity contribution in [3.05, 3.63) is 46.1 Å². The van der Waals surface area contributed by atoms with Gasteiger partial charge in [-0.1, -0.05) is 49.5 Å². The Hall–Kier alpha value is -1.68. The molecule has 0 atom stereocenters. The maximum absolute atomic E-state index is 13.2. The van der Waals surface area contributed by atoms with Crippen molar-refractivity contribution in [3.63, 3.8) is 0 Å². The SMILES string of the molecule is CC(C)Sc1nc2sc3c(c2c2nnc(SCc4ccc(F)cc4)n12)CC(C)(C)OC3. The molecular formula is C22H23FN4OS3. The topological polar surface area (TPSA) is 52.3 Å². The van der Waals surface area contributed by atoms with Crippen LogP contribution in [0.1, 0.15) is 43.7 Å². The van der Waals surface area contributed by atoms with Gasteiger partial charge in [0.2, 0.25) is 0 Å². The summed E-state index contributed by atoms with van der Waals surface area (Å²) in [7, 11) is 0. The zero-order valence-electron chi connectivity index (χ0n) is 17.8. The third-order valence-corrected chi connectivity index (χ3v) is 8.19. The van der Waals surface area contributed by atoms with Gasteiger partial charge in [0, 0.05) is 22.3 Å². The molecule has 0 spiro atoms. The lowest BCUT2D eigenvalue weighted by atomic mass is 9.94. The average molecular weight is 475 g/mol. The van der Waals surface area contributed by atoms with E-state index in [-0.39, 0.29) is 11.4 Å². The first-order valence-corrected chi connectivity index (χ1v) is 12.9. The summed E-state index contributed by atoms with van der Waals surface area (Å²) < 4.78 is 21.4. The fourth-order valence-corrected chi connectivity index (χ4v) is 6.65. The molecule has 1 aromatic carbocycles. The monoisotopic (exact) mass is 474 g/mol. The highest BCUT2D eigenvalue weighted by molar-refractivity contribution is 8.00. The molecule has 31 heavy (non-hydrogen) atoms. The highest BCUT2D eigenvalue weighted by atomic mass is 32.2. The molecule has 0 saturated heterocycles. The van der Waals surface area contributed by atoms with Crippen LogP contribution in [0.2, 0.25) is 0 Å². The van der Waals surface area contributed by atoms with Crippen molar-refractivity contribution in [2.75, 3.05) is 0 Å². The molecule has 4 aromatic rings. The molecule has 9 heteroatoms. The lowest BCUT2D eigenvalue weighted by molar-refractivity contribution is -0.0379. The van der Waals surface area contributed by atoms with Gasteiger partial charge in [-0.15, -0.1) is 21.5 Å². The second-order valence-electron chi connectivity index (χ2n) is 8.53. The molecule has 0 bridgehead atoms. The smallest absolute Gasteiger partial charge is 0.198 e. The molecule has 3 aromatic heterocycles. The van der Waals surface area contributed by atoms with Crippen LogP contribution >= 0.6 is 34.9 Å². The molecule has 1 aliphatic heterocycles. The quantitative estimate of drug-likeness (QED) is 0.256. The molecule has 0 saturated carbocycles. The predicted molar refractivity (Wildman–Crippen MR) is 126 cm³/mol. The van der Waals surface area contributed by atoms with Gasteiger partial charge in [-0.25, -0.2) is 13.8 Å². The van der Waals surface area contributed by atoms with Gasteiger partial charge in [-0.05, 0) is 37.1 Å².